The summed E-state index contributed by atoms with van der Waals surface area (Å²) in [6.45, 7) is 0.748. The van der Waals surface area contributed by atoms with Crippen LogP contribution in [0.15, 0.2) is 54.6 Å². The van der Waals surface area contributed by atoms with Crippen molar-refractivity contribution in [3.8, 4) is 0 Å². The number of fused-ring (bicyclic) bond motifs is 2. The van der Waals surface area contributed by atoms with E-state index in [1.165, 1.54) is 27.1 Å². The van der Waals surface area contributed by atoms with Crippen LogP contribution in [0.3, 0.4) is 0 Å². The first-order chi connectivity index (χ1) is 8.90. The lowest BCUT2D eigenvalue weighted by Gasteiger charge is -2.11. The number of hydrogen-bond acceptors (Lipinski definition) is 1. The Hall–Kier alpha value is -1.57. The molecule has 0 unspecified atom stereocenters. The molecule has 19 heavy (non-hydrogen) atoms. The smallest absolute Gasteiger partial charge is 0.00741 e. The summed E-state index contributed by atoms with van der Waals surface area (Å²) in [7, 11) is 0. The molecule has 0 spiro atoms. The highest BCUT2D eigenvalue weighted by molar-refractivity contribution is 6.02. The minimum atomic E-state index is 0. The summed E-state index contributed by atoms with van der Waals surface area (Å²) in [6, 6.07) is 19.5. The van der Waals surface area contributed by atoms with Crippen molar-refractivity contribution in [3.63, 3.8) is 0 Å². The average Bonchev–Trinajstić information content (AvgIpc) is 2.43. The van der Waals surface area contributed by atoms with Crippen LogP contribution in [0.4, 0.5) is 0 Å². The first kappa shape index (κ1) is 13.9. The predicted octanol–water partition coefficient (Wildman–Crippen LogP) is 4.31. The van der Waals surface area contributed by atoms with Crippen LogP contribution in [0.5, 0.6) is 0 Å². The van der Waals surface area contributed by atoms with Crippen molar-refractivity contribution in [2.45, 2.75) is 12.8 Å². The molecule has 0 saturated heterocycles. The summed E-state index contributed by atoms with van der Waals surface area (Å²) < 4.78 is 0. The van der Waals surface area contributed by atoms with E-state index in [1.807, 2.05) is 0 Å². The molecule has 1 nitrogen and oxygen atoms in total. The SMILES string of the molecule is Cl.NCCCc1c2ccccc2cc2ccccc12. The average molecular weight is 272 g/mol. The van der Waals surface area contributed by atoms with Gasteiger partial charge < -0.3 is 5.73 Å². The number of halogens is 1. The van der Waals surface area contributed by atoms with Crippen molar-refractivity contribution < 1.29 is 0 Å². The van der Waals surface area contributed by atoms with E-state index >= 15 is 0 Å². The second kappa shape index (κ2) is 6.05. The van der Waals surface area contributed by atoms with Crippen molar-refractivity contribution in [3.05, 3.63) is 60.2 Å². The Bertz CT molecular complexity index is 637. The second-order valence-electron chi connectivity index (χ2n) is 4.69. The van der Waals surface area contributed by atoms with Gasteiger partial charge in [0.2, 0.25) is 0 Å². The number of aryl methyl sites for hydroxylation is 1. The summed E-state index contributed by atoms with van der Waals surface area (Å²) in [4.78, 5) is 0. The van der Waals surface area contributed by atoms with E-state index in [2.05, 4.69) is 54.6 Å². The minimum Gasteiger partial charge on any atom is -0.330 e. The van der Waals surface area contributed by atoms with Crippen LogP contribution in [0.25, 0.3) is 21.5 Å². The summed E-state index contributed by atoms with van der Waals surface area (Å²) in [5.41, 5.74) is 7.10. The lowest BCUT2D eigenvalue weighted by Crippen LogP contribution is -2.01. The highest BCUT2D eigenvalue weighted by Crippen LogP contribution is 2.29. The van der Waals surface area contributed by atoms with Crippen molar-refractivity contribution in [2.75, 3.05) is 6.54 Å². The van der Waals surface area contributed by atoms with Crippen LogP contribution in [0, 0.1) is 0 Å². The molecule has 0 aliphatic rings. The normalized spacial score (nSPS) is 10.6. The zero-order chi connectivity index (χ0) is 12.4. The highest BCUT2D eigenvalue weighted by atomic mass is 35.5. The largest absolute Gasteiger partial charge is 0.330 e. The van der Waals surface area contributed by atoms with E-state index in [4.69, 9.17) is 5.73 Å². The third kappa shape index (κ3) is 2.58. The predicted molar refractivity (Wildman–Crippen MR) is 86.1 cm³/mol. The molecule has 2 heteroatoms. The van der Waals surface area contributed by atoms with Gasteiger partial charge in [-0.3, -0.25) is 0 Å². The Kier molecular flexibility index (Phi) is 4.41. The molecule has 98 valence electrons. The van der Waals surface area contributed by atoms with Crippen LogP contribution in [-0.2, 0) is 6.42 Å². The van der Waals surface area contributed by atoms with E-state index in [0.717, 1.165) is 19.4 Å². The van der Waals surface area contributed by atoms with E-state index in [1.54, 1.807) is 0 Å². The Morgan fingerprint density at radius 2 is 1.32 bits per heavy atom. The van der Waals surface area contributed by atoms with Gasteiger partial charge in [0.15, 0.2) is 0 Å². The van der Waals surface area contributed by atoms with Gasteiger partial charge in [-0.05, 0) is 52.6 Å². The topological polar surface area (TPSA) is 26.0 Å². The number of hydrogen-bond donors (Lipinski definition) is 1. The monoisotopic (exact) mass is 271 g/mol. The Morgan fingerprint density at radius 3 is 1.84 bits per heavy atom. The molecule has 0 aromatic heterocycles. The van der Waals surface area contributed by atoms with Gasteiger partial charge in [0.1, 0.15) is 0 Å². The minimum absolute atomic E-state index is 0. The van der Waals surface area contributed by atoms with Crippen LogP contribution in [0.2, 0.25) is 0 Å². The van der Waals surface area contributed by atoms with Gasteiger partial charge in [-0.25, -0.2) is 0 Å². The van der Waals surface area contributed by atoms with Gasteiger partial charge in [-0.15, -0.1) is 12.4 Å². The summed E-state index contributed by atoms with van der Waals surface area (Å²) in [5.74, 6) is 0. The number of benzene rings is 3. The summed E-state index contributed by atoms with van der Waals surface area (Å²) in [5, 5.41) is 5.38. The molecule has 3 aromatic carbocycles. The van der Waals surface area contributed by atoms with Gasteiger partial charge in [-0.1, -0.05) is 48.5 Å². The zero-order valence-electron chi connectivity index (χ0n) is 10.8. The number of rotatable bonds is 3. The Labute approximate surface area is 119 Å². The van der Waals surface area contributed by atoms with Crippen LogP contribution in [0.1, 0.15) is 12.0 Å². The lowest BCUT2D eigenvalue weighted by atomic mass is 9.94. The quantitative estimate of drug-likeness (QED) is 0.706. The van der Waals surface area contributed by atoms with Crippen LogP contribution >= 0.6 is 12.4 Å². The van der Waals surface area contributed by atoms with E-state index < -0.39 is 0 Å². The first-order valence-corrected chi connectivity index (χ1v) is 6.49. The molecular formula is C17H18ClN. The second-order valence-corrected chi connectivity index (χ2v) is 4.69. The van der Waals surface area contributed by atoms with E-state index in [0.29, 0.717) is 0 Å². The molecule has 0 amide bonds. The lowest BCUT2D eigenvalue weighted by molar-refractivity contribution is 0.841. The molecule has 0 fully saturated rings. The molecule has 0 aliphatic heterocycles. The van der Waals surface area contributed by atoms with E-state index in [9.17, 15) is 0 Å². The maximum atomic E-state index is 5.66. The van der Waals surface area contributed by atoms with Gasteiger partial charge in [0.25, 0.3) is 0 Å². The van der Waals surface area contributed by atoms with Gasteiger partial charge >= 0.3 is 0 Å². The fraction of sp³-hybridized carbons (Fsp3) is 0.176. The Morgan fingerprint density at radius 1 is 0.789 bits per heavy atom. The molecule has 0 aliphatic carbocycles. The molecule has 0 bridgehead atoms. The molecular weight excluding hydrogens is 254 g/mol. The molecule has 3 rings (SSSR count). The molecule has 2 N–H and O–H groups in total. The maximum absolute atomic E-state index is 5.66. The van der Waals surface area contributed by atoms with E-state index in [-0.39, 0.29) is 12.4 Å². The standard InChI is InChI=1S/C17H17N.ClH/c18-11-5-10-17-15-8-3-1-6-13(15)12-14-7-2-4-9-16(14)17;/h1-4,6-9,12H,5,10-11,18H2;1H. The zero-order valence-corrected chi connectivity index (χ0v) is 11.6. The van der Waals surface area contributed by atoms with Gasteiger partial charge in [0.05, 0.1) is 0 Å². The highest BCUT2D eigenvalue weighted by Gasteiger charge is 2.06. The summed E-state index contributed by atoms with van der Waals surface area (Å²) in [6.07, 6.45) is 2.09. The molecule has 3 aromatic rings. The molecule has 0 saturated carbocycles. The molecule has 0 heterocycles. The van der Waals surface area contributed by atoms with Crippen molar-refractivity contribution >= 4 is 34.0 Å². The summed E-state index contributed by atoms with van der Waals surface area (Å²) >= 11 is 0. The first-order valence-electron chi connectivity index (χ1n) is 6.49. The fourth-order valence-electron chi connectivity index (χ4n) is 2.66. The fourth-order valence-corrected chi connectivity index (χ4v) is 2.66. The van der Waals surface area contributed by atoms with Crippen LogP contribution in [-0.4, -0.2) is 6.54 Å². The van der Waals surface area contributed by atoms with Crippen molar-refractivity contribution in [1.29, 1.82) is 0 Å². The third-order valence-electron chi connectivity index (χ3n) is 3.51. The maximum Gasteiger partial charge on any atom is -0.00741 e. The van der Waals surface area contributed by atoms with Crippen molar-refractivity contribution in [1.82, 2.24) is 0 Å². The Balaban J connectivity index is 0.00000133. The van der Waals surface area contributed by atoms with Crippen molar-refractivity contribution in [2.24, 2.45) is 5.73 Å². The third-order valence-corrected chi connectivity index (χ3v) is 3.51. The molecule has 0 atom stereocenters. The van der Waals surface area contributed by atoms with Crippen LogP contribution < -0.4 is 5.73 Å². The van der Waals surface area contributed by atoms with Gasteiger partial charge in [0, 0.05) is 0 Å². The molecule has 0 radical (unpaired) electrons. The number of nitrogens with two attached hydrogens (primary N) is 1. The van der Waals surface area contributed by atoms with Gasteiger partial charge in [-0.2, -0.15) is 0 Å².